The Hall–Kier alpha value is -0.770. The van der Waals surface area contributed by atoms with Gasteiger partial charge in [-0.3, -0.25) is 0 Å². The molecule has 1 N–H and O–H groups in total. The minimum atomic E-state index is -0.393. The number of ether oxygens (including phenoxy) is 1. The van der Waals surface area contributed by atoms with Gasteiger partial charge in [-0.25, -0.2) is 4.79 Å². The van der Waals surface area contributed by atoms with Crippen LogP contribution < -0.4 is 5.32 Å². The predicted molar refractivity (Wildman–Crippen MR) is 87.8 cm³/mol. The molecule has 1 aliphatic carbocycles. The van der Waals surface area contributed by atoms with Gasteiger partial charge in [0.15, 0.2) is 0 Å². The molecule has 1 amide bonds. The zero-order valence-electron chi connectivity index (χ0n) is 14.4. The number of nitrogens with zero attached hydrogens (tertiary/aromatic N) is 1. The van der Waals surface area contributed by atoms with E-state index in [-0.39, 0.29) is 6.09 Å². The summed E-state index contributed by atoms with van der Waals surface area (Å²) in [6.07, 6.45) is 8.99. The molecule has 3 fully saturated rings. The van der Waals surface area contributed by atoms with E-state index in [1.165, 1.54) is 25.7 Å². The molecule has 3 aliphatic rings. The third-order valence-electron chi connectivity index (χ3n) is 5.63. The molecular formula is C18H32N2O2. The summed E-state index contributed by atoms with van der Waals surface area (Å²) in [6, 6.07) is 0.814. The highest BCUT2D eigenvalue weighted by molar-refractivity contribution is 5.70. The molecule has 3 unspecified atom stereocenters. The van der Waals surface area contributed by atoms with Crippen LogP contribution in [0.5, 0.6) is 0 Å². The fourth-order valence-corrected chi connectivity index (χ4v) is 4.31. The average Bonchev–Trinajstić information content (AvgIpc) is 2.91. The first-order valence-electron chi connectivity index (χ1n) is 9.16. The lowest BCUT2D eigenvalue weighted by molar-refractivity contribution is 0.0205. The molecule has 2 saturated heterocycles. The summed E-state index contributed by atoms with van der Waals surface area (Å²) < 4.78 is 5.60. The maximum absolute atomic E-state index is 12.4. The van der Waals surface area contributed by atoms with Crippen molar-refractivity contribution in [3.8, 4) is 0 Å². The lowest BCUT2D eigenvalue weighted by atomic mass is 9.83. The molecule has 2 aliphatic heterocycles. The standard InChI is InChI=1S/C18H32N2O2/c1-18(2,3)22-17(21)20-15-7-8-16(20)14(11-15)12-19-10-9-13-5-4-6-13/h13-16,19H,4-12H2,1-3H3. The van der Waals surface area contributed by atoms with Gasteiger partial charge in [-0.15, -0.1) is 0 Å². The highest BCUT2D eigenvalue weighted by Gasteiger charge is 2.49. The number of hydrogen-bond acceptors (Lipinski definition) is 3. The van der Waals surface area contributed by atoms with E-state index in [1.54, 1.807) is 0 Å². The Bertz CT molecular complexity index is 400. The van der Waals surface area contributed by atoms with Crippen molar-refractivity contribution in [1.29, 1.82) is 0 Å². The zero-order chi connectivity index (χ0) is 15.7. The molecule has 0 radical (unpaired) electrons. The molecule has 126 valence electrons. The SMILES string of the molecule is CC(C)(C)OC(=O)N1C2CCC1C(CNCCC1CCC1)C2. The maximum Gasteiger partial charge on any atom is 0.410 e. The van der Waals surface area contributed by atoms with Crippen molar-refractivity contribution in [1.82, 2.24) is 10.2 Å². The van der Waals surface area contributed by atoms with Crippen molar-refractivity contribution >= 4 is 6.09 Å². The molecule has 0 spiro atoms. The molecule has 3 rings (SSSR count). The molecule has 0 aromatic heterocycles. The van der Waals surface area contributed by atoms with Crippen LogP contribution in [0.15, 0.2) is 0 Å². The second kappa shape index (κ2) is 6.38. The average molecular weight is 308 g/mol. The Morgan fingerprint density at radius 3 is 2.64 bits per heavy atom. The highest BCUT2D eigenvalue weighted by Crippen LogP contribution is 2.42. The smallest absolute Gasteiger partial charge is 0.410 e. The van der Waals surface area contributed by atoms with Crippen LogP contribution in [-0.2, 0) is 4.74 Å². The number of carbonyl (C=O) groups excluding carboxylic acids is 1. The second-order valence-corrected chi connectivity index (χ2v) is 8.47. The van der Waals surface area contributed by atoms with Gasteiger partial charge in [0.25, 0.3) is 0 Å². The first kappa shape index (κ1) is 16.1. The molecule has 1 saturated carbocycles. The van der Waals surface area contributed by atoms with E-state index < -0.39 is 5.60 Å². The summed E-state index contributed by atoms with van der Waals surface area (Å²) in [4.78, 5) is 14.5. The van der Waals surface area contributed by atoms with Gasteiger partial charge in [0, 0.05) is 12.1 Å². The van der Waals surface area contributed by atoms with Gasteiger partial charge < -0.3 is 15.0 Å². The van der Waals surface area contributed by atoms with Gasteiger partial charge in [-0.1, -0.05) is 19.3 Å². The van der Waals surface area contributed by atoms with Crippen LogP contribution in [0.4, 0.5) is 4.79 Å². The molecule has 2 heterocycles. The molecule has 4 nitrogen and oxygen atoms in total. The number of nitrogens with one attached hydrogen (secondary N) is 1. The molecule has 2 bridgehead atoms. The fourth-order valence-electron chi connectivity index (χ4n) is 4.31. The summed E-state index contributed by atoms with van der Waals surface area (Å²) in [6.45, 7) is 8.05. The third kappa shape index (κ3) is 3.58. The number of fused-ring (bicyclic) bond motifs is 2. The first-order chi connectivity index (χ1) is 10.4. The molecule has 0 aromatic carbocycles. The van der Waals surface area contributed by atoms with Crippen molar-refractivity contribution in [3.05, 3.63) is 0 Å². The van der Waals surface area contributed by atoms with Crippen LogP contribution in [0.1, 0.15) is 65.7 Å². The van der Waals surface area contributed by atoms with Crippen molar-refractivity contribution in [2.45, 2.75) is 83.4 Å². The predicted octanol–water partition coefficient (Wildman–Crippen LogP) is 3.55. The summed E-state index contributed by atoms with van der Waals surface area (Å²) in [5.41, 5.74) is -0.393. The highest BCUT2D eigenvalue weighted by atomic mass is 16.6. The van der Waals surface area contributed by atoms with Crippen LogP contribution in [0.2, 0.25) is 0 Å². The van der Waals surface area contributed by atoms with E-state index in [4.69, 9.17) is 4.74 Å². The van der Waals surface area contributed by atoms with Gasteiger partial charge in [0.05, 0.1) is 0 Å². The quantitative estimate of drug-likeness (QED) is 0.790. The van der Waals surface area contributed by atoms with Gasteiger partial charge in [-0.05, 0) is 71.4 Å². The third-order valence-corrected chi connectivity index (χ3v) is 5.63. The van der Waals surface area contributed by atoms with E-state index in [0.717, 1.165) is 38.3 Å². The van der Waals surface area contributed by atoms with E-state index in [1.807, 2.05) is 25.7 Å². The number of hydrogen-bond donors (Lipinski definition) is 1. The summed E-state index contributed by atoms with van der Waals surface area (Å²) in [7, 11) is 0. The lowest BCUT2D eigenvalue weighted by Gasteiger charge is -2.28. The fraction of sp³-hybridized carbons (Fsp3) is 0.944. The van der Waals surface area contributed by atoms with Gasteiger partial charge in [0.1, 0.15) is 5.60 Å². The van der Waals surface area contributed by atoms with Crippen molar-refractivity contribution in [2.75, 3.05) is 13.1 Å². The van der Waals surface area contributed by atoms with Crippen molar-refractivity contribution < 1.29 is 9.53 Å². The van der Waals surface area contributed by atoms with Crippen LogP contribution >= 0.6 is 0 Å². The summed E-state index contributed by atoms with van der Waals surface area (Å²) >= 11 is 0. The Morgan fingerprint density at radius 1 is 1.23 bits per heavy atom. The van der Waals surface area contributed by atoms with Gasteiger partial charge in [-0.2, -0.15) is 0 Å². The first-order valence-corrected chi connectivity index (χ1v) is 9.16. The lowest BCUT2D eigenvalue weighted by Crippen LogP contribution is -2.41. The Morgan fingerprint density at radius 2 is 2.00 bits per heavy atom. The summed E-state index contributed by atoms with van der Waals surface area (Å²) in [5, 5.41) is 3.64. The monoisotopic (exact) mass is 308 g/mol. The van der Waals surface area contributed by atoms with E-state index in [9.17, 15) is 4.79 Å². The van der Waals surface area contributed by atoms with Crippen LogP contribution in [-0.4, -0.2) is 41.8 Å². The largest absolute Gasteiger partial charge is 0.444 e. The Labute approximate surface area is 135 Å². The summed E-state index contributed by atoms with van der Waals surface area (Å²) in [5.74, 6) is 1.60. The normalized spacial score (nSPS) is 31.4. The minimum Gasteiger partial charge on any atom is -0.444 e. The van der Waals surface area contributed by atoms with Crippen LogP contribution in [0, 0.1) is 11.8 Å². The number of amides is 1. The van der Waals surface area contributed by atoms with Crippen LogP contribution in [0.25, 0.3) is 0 Å². The molecule has 4 heteroatoms. The molecule has 22 heavy (non-hydrogen) atoms. The second-order valence-electron chi connectivity index (χ2n) is 8.47. The number of rotatable bonds is 5. The van der Waals surface area contributed by atoms with E-state index in [0.29, 0.717) is 18.0 Å². The Kier molecular flexibility index (Phi) is 4.67. The minimum absolute atomic E-state index is 0.100. The number of carbonyl (C=O) groups is 1. The molecule has 3 atom stereocenters. The van der Waals surface area contributed by atoms with Crippen molar-refractivity contribution in [2.24, 2.45) is 11.8 Å². The zero-order valence-corrected chi connectivity index (χ0v) is 14.4. The van der Waals surface area contributed by atoms with Gasteiger partial charge in [0.2, 0.25) is 0 Å². The molecule has 0 aromatic rings. The molecular weight excluding hydrogens is 276 g/mol. The van der Waals surface area contributed by atoms with Crippen LogP contribution in [0.3, 0.4) is 0 Å². The van der Waals surface area contributed by atoms with Gasteiger partial charge >= 0.3 is 6.09 Å². The Balaban J connectivity index is 1.44. The maximum atomic E-state index is 12.4. The van der Waals surface area contributed by atoms with E-state index >= 15 is 0 Å². The topological polar surface area (TPSA) is 41.6 Å². The van der Waals surface area contributed by atoms with E-state index in [2.05, 4.69) is 5.32 Å². The van der Waals surface area contributed by atoms with Crippen molar-refractivity contribution in [3.63, 3.8) is 0 Å².